The summed E-state index contributed by atoms with van der Waals surface area (Å²) in [4.78, 5) is 5.10. The van der Waals surface area contributed by atoms with Gasteiger partial charge < -0.3 is 15.0 Å². The maximum atomic E-state index is 5.48. The van der Waals surface area contributed by atoms with E-state index in [0.29, 0.717) is 0 Å². The Morgan fingerprint density at radius 1 is 1.15 bits per heavy atom. The first-order chi connectivity index (χ1) is 9.88. The molecule has 20 heavy (non-hydrogen) atoms. The third-order valence-corrected chi connectivity index (χ3v) is 4.53. The van der Waals surface area contributed by atoms with Gasteiger partial charge in [0.05, 0.1) is 12.8 Å². The Balaban J connectivity index is 1.60. The Bertz CT molecular complexity index is 423. The Kier molecular flexibility index (Phi) is 4.43. The quantitative estimate of drug-likeness (QED) is 0.906. The number of piperazine rings is 1. The number of benzene rings is 1. The molecule has 0 unspecified atom stereocenters. The Morgan fingerprint density at radius 2 is 1.95 bits per heavy atom. The van der Waals surface area contributed by atoms with Crippen molar-refractivity contribution in [3.05, 3.63) is 24.3 Å². The van der Waals surface area contributed by atoms with E-state index in [-0.39, 0.29) is 0 Å². The van der Waals surface area contributed by atoms with Crippen LogP contribution in [0, 0.1) is 0 Å². The maximum absolute atomic E-state index is 5.48. The van der Waals surface area contributed by atoms with Crippen molar-refractivity contribution >= 4 is 5.69 Å². The van der Waals surface area contributed by atoms with Gasteiger partial charge in [0, 0.05) is 38.8 Å². The number of rotatable bonds is 3. The van der Waals surface area contributed by atoms with Crippen molar-refractivity contribution in [1.29, 1.82) is 0 Å². The average Bonchev–Trinajstić information content (AvgIpc) is 2.56. The number of hydrogen-bond donors (Lipinski definition) is 1. The van der Waals surface area contributed by atoms with Crippen LogP contribution in [0.25, 0.3) is 0 Å². The van der Waals surface area contributed by atoms with Gasteiger partial charge in [-0.05, 0) is 31.5 Å². The van der Waals surface area contributed by atoms with Gasteiger partial charge >= 0.3 is 0 Å². The lowest BCUT2D eigenvalue weighted by molar-refractivity contribution is 0.157. The number of piperidine rings is 1. The van der Waals surface area contributed by atoms with Crippen LogP contribution >= 0.6 is 0 Å². The second-order valence-electron chi connectivity index (χ2n) is 5.70. The summed E-state index contributed by atoms with van der Waals surface area (Å²) in [7, 11) is 1.75. The van der Waals surface area contributed by atoms with Crippen LogP contribution in [0.3, 0.4) is 0 Å². The highest BCUT2D eigenvalue weighted by molar-refractivity contribution is 5.58. The predicted molar refractivity (Wildman–Crippen MR) is 82.7 cm³/mol. The van der Waals surface area contributed by atoms with E-state index < -0.39 is 0 Å². The van der Waals surface area contributed by atoms with Gasteiger partial charge in [0.25, 0.3) is 0 Å². The van der Waals surface area contributed by atoms with Crippen molar-refractivity contribution in [2.75, 3.05) is 51.3 Å². The summed E-state index contributed by atoms with van der Waals surface area (Å²) in [6.07, 6.45) is 2.67. The molecule has 0 radical (unpaired) electrons. The van der Waals surface area contributed by atoms with Crippen molar-refractivity contribution in [1.82, 2.24) is 10.2 Å². The average molecular weight is 275 g/mol. The summed E-state index contributed by atoms with van der Waals surface area (Å²) < 4.78 is 5.48. The molecule has 2 heterocycles. The molecule has 2 fully saturated rings. The van der Waals surface area contributed by atoms with E-state index >= 15 is 0 Å². The molecule has 0 spiro atoms. The van der Waals surface area contributed by atoms with E-state index in [1.165, 1.54) is 25.1 Å². The molecule has 0 bridgehead atoms. The Morgan fingerprint density at radius 3 is 2.65 bits per heavy atom. The monoisotopic (exact) mass is 275 g/mol. The predicted octanol–water partition coefficient (Wildman–Crippen LogP) is 1.57. The van der Waals surface area contributed by atoms with Gasteiger partial charge in [-0.25, -0.2) is 0 Å². The molecule has 0 amide bonds. The first-order valence-electron chi connectivity index (χ1n) is 7.71. The van der Waals surface area contributed by atoms with Gasteiger partial charge in [-0.3, -0.25) is 4.90 Å². The molecule has 4 heteroatoms. The SMILES string of the molecule is COc1ccccc1N1CCN([C@@H]2CCCNC2)CC1. The van der Waals surface area contributed by atoms with E-state index in [0.717, 1.165) is 44.5 Å². The highest BCUT2D eigenvalue weighted by Gasteiger charge is 2.25. The standard InChI is InChI=1S/C16H25N3O/c1-20-16-7-3-2-6-15(16)19-11-9-18(10-12-19)14-5-4-8-17-13-14/h2-3,6-7,14,17H,4-5,8-13H2,1H3/t14-/m1/s1. The molecular weight excluding hydrogens is 250 g/mol. The van der Waals surface area contributed by atoms with E-state index in [9.17, 15) is 0 Å². The minimum Gasteiger partial charge on any atom is -0.495 e. The fraction of sp³-hybridized carbons (Fsp3) is 0.625. The number of anilines is 1. The maximum Gasteiger partial charge on any atom is 0.142 e. The number of ether oxygens (including phenoxy) is 1. The van der Waals surface area contributed by atoms with Crippen molar-refractivity contribution in [2.45, 2.75) is 18.9 Å². The second-order valence-corrected chi connectivity index (χ2v) is 5.70. The van der Waals surface area contributed by atoms with Crippen molar-refractivity contribution in [3.63, 3.8) is 0 Å². The zero-order chi connectivity index (χ0) is 13.8. The Hall–Kier alpha value is -1.26. The smallest absolute Gasteiger partial charge is 0.142 e. The minimum absolute atomic E-state index is 0.739. The van der Waals surface area contributed by atoms with Crippen LogP contribution < -0.4 is 15.0 Å². The Labute approximate surface area is 121 Å². The van der Waals surface area contributed by atoms with E-state index in [2.05, 4.69) is 27.2 Å². The van der Waals surface area contributed by atoms with Crippen LogP contribution in [-0.4, -0.2) is 57.3 Å². The second kappa shape index (κ2) is 6.46. The van der Waals surface area contributed by atoms with Gasteiger partial charge in [0.1, 0.15) is 5.75 Å². The summed E-state index contributed by atoms with van der Waals surface area (Å²) in [5.41, 5.74) is 1.23. The molecule has 1 N–H and O–H groups in total. The lowest BCUT2D eigenvalue weighted by Crippen LogP contribution is -2.54. The summed E-state index contributed by atoms with van der Waals surface area (Å²) in [6, 6.07) is 9.08. The zero-order valence-electron chi connectivity index (χ0n) is 12.3. The van der Waals surface area contributed by atoms with Gasteiger partial charge in [-0.15, -0.1) is 0 Å². The molecule has 1 aromatic carbocycles. The van der Waals surface area contributed by atoms with Gasteiger partial charge in [-0.2, -0.15) is 0 Å². The van der Waals surface area contributed by atoms with Crippen LogP contribution in [0.1, 0.15) is 12.8 Å². The molecule has 1 aromatic rings. The molecule has 2 aliphatic heterocycles. The topological polar surface area (TPSA) is 27.7 Å². The van der Waals surface area contributed by atoms with Crippen molar-refractivity contribution in [3.8, 4) is 5.75 Å². The molecular formula is C16H25N3O. The van der Waals surface area contributed by atoms with E-state index in [1.54, 1.807) is 7.11 Å². The molecule has 3 rings (SSSR count). The van der Waals surface area contributed by atoms with Crippen LogP contribution in [0.2, 0.25) is 0 Å². The lowest BCUT2D eigenvalue weighted by Gasteiger charge is -2.41. The number of nitrogens with zero attached hydrogens (tertiary/aromatic N) is 2. The van der Waals surface area contributed by atoms with Crippen LogP contribution in [0.15, 0.2) is 24.3 Å². The van der Waals surface area contributed by atoms with Gasteiger partial charge in [-0.1, -0.05) is 12.1 Å². The van der Waals surface area contributed by atoms with Crippen LogP contribution in [-0.2, 0) is 0 Å². The highest BCUT2D eigenvalue weighted by atomic mass is 16.5. The third kappa shape index (κ3) is 2.91. The molecule has 0 saturated carbocycles. The summed E-state index contributed by atoms with van der Waals surface area (Å²) >= 11 is 0. The molecule has 110 valence electrons. The molecule has 0 aliphatic carbocycles. The molecule has 2 aliphatic rings. The first-order valence-corrected chi connectivity index (χ1v) is 7.71. The first kappa shape index (κ1) is 13.7. The fourth-order valence-corrected chi connectivity index (χ4v) is 3.36. The summed E-state index contributed by atoms with van der Waals surface area (Å²) in [5.74, 6) is 0.986. The van der Waals surface area contributed by atoms with Crippen molar-refractivity contribution in [2.24, 2.45) is 0 Å². The normalized spacial score (nSPS) is 24.6. The fourth-order valence-electron chi connectivity index (χ4n) is 3.36. The van der Waals surface area contributed by atoms with E-state index in [4.69, 9.17) is 4.74 Å². The van der Waals surface area contributed by atoms with Crippen LogP contribution in [0.4, 0.5) is 5.69 Å². The molecule has 2 saturated heterocycles. The number of para-hydroxylation sites is 2. The molecule has 0 aromatic heterocycles. The van der Waals surface area contributed by atoms with Gasteiger partial charge in [0.15, 0.2) is 0 Å². The zero-order valence-corrected chi connectivity index (χ0v) is 12.3. The third-order valence-electron chi connectivity index (χ3n) is 4.53. The van der Waals surface area contributed by atoms with Crippen molar-refractivity contribution < 1.29 is 4.74 Å². The summed E-state index contributed by atoms with van der Waals surface area (Å²) in [6.45, 7) is 6.86. The van der Waals surface area contributed by atoms with Crippen LogP contribution in [0.5, 0.6) is 5.75 Å². The largest absolute Gasteiger partial charge is 0.495 e. The number of hydrogen-bond acceptors (Lipinski definition) is 4. The van der Waals surface area contributed by atoms with E-state index in [1.807, 2.05) is 12.1 Å². The van der Waals surface area contributed by atoms with Gasteiger partial charge in [0.2, 0.25) is 0 Å². The lowest BCUT2D eigenvalue weighted by atomic mass is 10.0. The molecule has 4 nitrogen and oxygen atoms in total. The number of nitrogens with one attached hydrogen (secondary N) is 1. The summed E-state index contributed by atoms with van der Waals surface area (Å²) in [5, 5.41) is 3.52. The minimum atomic E-state index is 0.739. The highest BCUT2D eigenvalue weighted by Crippen LogP contribution is 2.28. The molecule has 1 atom stereocenters. The number of methoxy groups -OCH3 is 1.